The number of aromatic amines is 1. The zero-order valence-electron chi connectivity index (χ0n) is 17.5. The van der Waals surface area contributed by atoms with E-state index in [1.165, 1.54) is 25.6 Å². The molecule has 8 nitrogen and oxygen atoms in total. The maximum Gasteiger partial charge on any atom is 0.320 e. The number of carboxylic acids is 1. The van der Waals surface area contributed by atoms with E-state index in [0.717, 1.165) is 39.4 Å². The second-order valence-electron chi connectivity index (χ2n) is 7.14. The van der Waals surface area contributed by atoms with Crippen molar-refractivity contribution in [3.05, 3.63) is 35.0 Å². The van der Waals surface area contributed by atoms with Gasteiger partial charge < -0.3 is 21.1 Å². The monoisotopic (exact) mass is 465 g/mol. The Hall–Kier alpha value is -2.30. The summed E-state index contributed by atoms with van der Waals surface area (Å²) in [5.74, 6) is -0.278. The van der Waals surface area contributed by atoms with E-state index in [1.54, 1.807) is 0 Å². The van der Waals surface area contributed by atoms with Gasteiger partial charge in [0.1, 0.15) is 6.04 Å². The summed E-state index contributed by atoms with van der Waals surface area (Å²) in [6, 6.07) is 2.97. The number of H-pyrrole nitrogens is 1. The Morgan fingerprint density at radius 2 is 1.77 bits per heavy atom. The topological polar surface area (TPSA) is 142 Å². The molecular formula is C21H27N3O5S2. The van der Waals surface area contributed by atoms with Gasteiger partial charge in [0.05, 0.1) is 0 Å². The van der Waals surface area contributed by atoms with Crippen LogP contribution < -0.4 is 11.1 Å². The van der Waals surface area contributed by atoms with Gasteiger partial charge in [0.15, 0.2) is 10.2 Å². The Morgan fingerprint density at radius 3 is 2.42 bits per heavy atom. The van der Waals surface area contributed by atoms with Crippen LogP contribution in [-0.2, 0) is 37.1 Å². The van der Waals surface area contributed by atoms with Gasteiger partial charge in [-0.15, -0.1) is 0 Å². The lowest BCUT2D eigenvalue weighted by atomic mass is 10.0. The van der Waals surface area contributed by atoms with E-state index in [0.29, 0.717) is 24.5 Å². The van der Waals surface area contributed by atoms with Crippen molar-refractivity contribution in [2.75, 3.05) is 6.54 Å². The average Bonchev–Trinajstić information content (AvgIpc) is 3.09. The number of rotatable bonds is 11. The number of nitrogens with one attached hydrogen (secondary N) is 2. The fourth-order valence-corrected chi connectivity index (χ4v) is 4.45. The van der Waals surface area contributed by atoms with E-state index in [4.69, 9.17) is 10.8 Å². The molecule has 0 bridgehead atoms. The van der Waals surface area contributed by atoms with Crippen molar-refractivity contribution in [1.29, 1.82) is 0 Å². The van der Waals surface area contributed by atoms with Gasteiger partial charge in [-0.05, 0) is 41.7 Å². The first-order chi connectivity index (χ1) is 14.7. The summed E-state index contributed by atoms with van der Waals surface area (Å²) in [6.45, 7) is 3.53. The van der Waals surface area contributed by atoms with E-state index in [1.807, 2.05) is 18.3 Å². The highest BCUT2D eigenvalue weighted by molar-refractivity contribution is 8.13. The quantitative estimate of drug-likeness (QED) is 0.397. The van der Waals surface area contributed by atoms with E-state index in [-0.39, 0.29) is 29.0 Å². The molecule has 0 aliphatic heterocycles. The largest absolute Gasteiger partial charge is 0.480 e. The van der Waals surface area contributed by atoms with Crippen LogP contribution in [0.5, 0.6) is 0 Å². The van der Waals surface area contributed by atoms with Crippen LogP contribution in [0.1, 0.15) is 43.4 Å². The third-order valence-corrected chi connectivity index (χ3v) is 6.50. The molecule has 0 aliphatic carbocycles. The molecule has 168 valence electrons. The SMILES string of the molecule is CC(=O)NCCc1c[nH]c2cc(CSC(=O)CC[C@H](N)C(=O)O)c(CSC(C)=O)cc12. The van der Waals surface area contributed by atoms with Crippen LogP contribution >= 0.6 is 23.5 Å². The molecule has 31 heavy (non-hydrogen) atoms. The number of aromatic nitrogens is 1. The molecule has 0 radical (unpaired) electrons. The Kier molecular flexibility index (Phi) is 9.60. The summed E-state index contributed by atoms with van der Waals surface area (Å²) < 4.78 is 0. The maximum absolute atomic E-state index is 12.2. The highest BCUT2D eigenvalue weighted by Crippen LogP contribution is 2.29. The number of hydrogen-bond acceptors (Lipinski definition) is 7. The van der Waals surface area contributed by atoms with Gasteiger partial charge in [-0.2, -0.15) is 0 Å². The van der Waals surface area contributed by atoms with Gasteiger partial charge in [-0.25, -0.2) is 0 Å². The molecule has 0 saturated heterocycles. The Balaban J connectivity index is 2.14. The fourth-order valence-electron chi connectivity index (χ4n) is 2.97. The van der Waals surface area contributed by atoms with Crippen LogP contribution in [0.15, 0.2) is 18.3 Å². The first-order valence-corrected chi connectivity index (χ1v) is 11.8. The van der Waals surface area contributed by atoms with Crippen LogP contribution in [0, 0.1) is 0 Å². The average molecular weight is 466 g/mol. The number of thioether (sulfide) groups is 2. The molecule has 0 spiro atoms. The van der Waals surface area contributed by atoms with Crippen molar-refractivity contribution < 1.29 is 24.3 Å². The standard InChI is InChI=1S/C21H27N3O5S2/c1-12(25)23-6-5-14-9-24-19-8-16(15(7-17(14)19)10-30-13(2)26)11-31-20(27)4-3-18(22)21(28)29/h7-9,18,24H,3-6,10-11,22H2,1-2H3,(H,23,25)(H,28,29)/t18-/m0/s1. The van der Waals surface area contributed by atoms with E-state index >= 15 is 0 Å². The minimum absolute atomic E-state index is 0.0115. The zero-order chi connectivity index (χ0) is 23.0. The first-order valence-electron chi connectivity index (χ1n) is 9.81. The van der Waals surface area contributed by atoms with Crippen molar-refractivity contribution in [2.45, 2.75) is 50.7 Å². The summed E-state index contributed by atoms with van der Waals surface area (Å²) in [5, 5.41) is 12.5. The van der Waals surface area contributed by atoms with Crippen LogP contribution in [-0.4, -0.2) is 44.8 Å². The molecule has 2 rings (SSSR count). The van der Waals surface area contributed by atoms with Crippen molar-refractivity contribution in [3.63, 3.8) is 0 Å². The number of benzene rings is 1. The second-order valence-corrected chi connectivity index (χ2v) is 9.32. The van der Waals surface area contributed by atoms with Crippen molar-refractivity contribution >= 4 is 56.5 Å². The van der Waals surface area contributed by atoms with Crippen molar-refractivity contribution in [1.82, 2.24) is 10.3 Å². The number of fused-ring (bicyclic) bond motifs is 1. The van der Waals surface area contributed by atoms with Crippen LogP contribution in [0.2, 0.25) is 0 Å². The minimum Gasteiger partial charge on any atom is -0.480 e. The number of nitrogens with two attached hydrogens (primary N) is 1. The number of carbonyl (C=O) groups is 4. The second kappa shape index (κ2) is 11.9. The minimum atomic E-state index is -1.12. The molecule has 1 amide bonds. The number of aliphatic carboxylic acids is 1. The normalized spacial score (nSPS) is 12.0. The van der Waals surface area contributed by atoms with E-state index in [9.17, 15) is 19.2 Å². The molecule has 0 aliphatic rings. The highest BCUT2D eigenvalue weighted by Gasteiger charge is 2.16. The molecule has 1 heterocycles. The molecule has 1 aromatic heterocycles. The summed E-state index contributed by atoms with van der Waals surface area (Å²) in [5.41, 5.74) is 9.35. The first kappa shape index (κ1) is 25.0. The molecule has 0 saturated carbocycles. The maximum atomic E-state index is 12.2. The van der Waals surface area contributed by atoms with Crippen molar-refractivity contribution in [2.24, 2.45) is 5.73 Å². The Morgan fingerprint density at radius 1 is 1.10 bits per heavy atom. The summed E-state index contributed by atoms with van der Waals surface area (Å²) in [4.78, 5) is 48.8. The predicted octanol–water partition coefficient (Wildman–Crippen LogP) is 2.58. The van der Waals surface area contributed by atoms with E-state index in [2.05, 4.69) is 10.3 Å². The molecule has 10 heteroatoms. The van der Waals surface area contributed by atoms with Crippen LogP contribution in [0.3, 0.4) is 0 Å². The smallest absolute Gasteiger partial charge is 0.320 e. The summed E-state index contributed by atoms with van der Waals surface area (Å²) in [6.07, 6.45) is 2.77. The molecular weight excluding hydrogens is 438 g/mol. The van der Waals surface area contributed by atoms with Gasteiger partial charge in [0, 0.05) is 55.4 Å². The molecule has 0 unspecified atom stereocenters. The number of carbonyl (C=O) groups excluding carboxylic acids is 3. The lowest BCUT2D eigenvalue weighted by Crippen LogP contribution is -2.30. The Labute approximate surface area is 189 Å². The number of carboxylic acid groups (broad SMARTS) is 1. The Bertz CT molecular complexity index is 973. The number of hydrogen-bond donors (Lipinski definition) is 4. The van der Waals surface area contributed by atoms with Gasteiger partial charge in [0.2, 0.25) is 5.91 Å². The zero-order valence-corrected chi connectivity index (χ0v) is 19.2. The third-order valence-electron chi connectivity index (χ3n) is 4.65. The summed E-state index contributed by atoms with van der Waals surface area (Å²) in [7, 11) is 0. The van der Waals surface area contributed by atoms with Gasteiger partial charge in [-0.3, -0.25) is 19.2 Å². The molecule has 2 aromatic rings. The van der Waals surface area contributed by atoms with Crippen molar-refractivity contribution in [3.8, 4) is 0 Å². The van der Waals surface area contributed by atoms with Gasteiger partial charge in [0.25, 0.3) is 0 Å². The number of amides is 1. The van der Waals surface area contributed by atoms with Crippen LogP contribution in [0.4, 0.5) is 0 Å². The highest BCUT2D eigenvalue weighted by atomic mass is 32.2. The summed E-state index contributed by atoms with van der Waals surface area (Å²) >= 11 is 2.33. The third kappa shape index (κ3) is 8.04. The molecule has 1 atom stereocenters. The molecule has 0 fully saturated rings. The molecule has 5 N–H and O–H groups in total. The fraction of sp³-hybridized carbons (Fsp3) is 0.429. The van der Waals surface area contributed by atoms with Gasteiger partial charge in [-0.1, -0.05) is 23.5 Å². The predicted molar refractivity (Wildman–Crippen MR) is 124 cm³/mol. The lowest BCUT2D eigenvalue weighted by Gasteiger charge is -2.11. The van der Waals surface area contributed by atoms with E-state index < -0.39 is 12.0 Å². The lowest BCUT2D eigenvalue weighted by molar-refractivity contribution is -0.138. The van der Waals surface area contributed by atoms with Gasteiger partial charge >= 0.3 is 5.97 Å². The van der Waals surface area contributed by atoms with Crippen LogP contribution in [0.25, 0.3) is 10.9 Å². The molecule has 1 aromatic carbocycles.